The molecule has 2 aromatic carbocycles. The Hall–Kier alpha value is -2.88. The number of nitrogens with two attached hydrogens (primary N) is 1. The van der Waals surface area contributed by atoms with Gasteiger partial charge in [0.05, 0.1) is 0 Å². The summed E-state index contributed by atoms with van der Waals surface area (Å²) in [5.41, 5.74) is 6.55. The number of primary amides is 1. The van der Waals surface area contributed by atoms with E-state index < -0.39 is 5.91 Å². The predicted molar refractivity (Wildman–Crippen MR) is 104 cm³/mol. The minimum absolute atomic E-state index is 0.321. The molecule has 3 nitrogen and oxygen atoms in total. The summed E-state index contributed by atoms with van der Waals surface area (Å²) in [4.78, 5) is 11.4. The molecule has 0 fully saturated rings. The number of ether oxygens (including phenoxy) is 1. The maximum atomic E-state index is 13.0. The normalized spacial score (nSPS) is 10.8. The maximum absolute atomic E-state index is 13.0. The van der Waals surface area contributed by atoms with E-state index in [9.17, 15) is 9.18 Å². The molecule has 0 radical (unpaired) electrons. The molecule has 0 aliphatic rings. The molecule has 0 saturated carbocycles. The van der Waals surface area contributed by atoms with Crippen LogP contribution in [0.2, 0.25) is 0 Å². The van der Waals surface area contributed by atoms with E-state index in [1.165, 1.54) is 12.1 Å². The number of allylic oxidation sites excluding steroid dienone is 2. The Kier molecular flexibility index (Phi) is 7.62. The van der Waals surface area contributed by atoms with Gasteiger partial charge >= 0.3 is 0 Å². The molecule has 0 aliphatic carbocycles. The van der Waals surface area contributed by atoms with Crippen molar-refractivity contribution < 1.29 is 13.9 Å². The van der Waals surface area contributed by atoms with E-state index in [1.807, 2.05) is 12.2 Å². The van der Waals surface area contributed by atoms with Crippen molar-refractivity contribution in [1.29, 1.82) is 0 Å². The van der Waals surface area contributed by atoms with Crippen LogP contribution in [0.1, 0.15) is 48.0 Å². The highest BCUT2D eigenvalue weighted by Gasteiger charge is 2.08. The summed E-state index contributed by atoms with van der Waals surface area (Å²) in [6.45, 7) is 3.72. The van der Waals surface area contributed by atoms with Gasteiger partial charge in [0, 0.05) is 11.1 Å². The first-order chi connectivity index (χ1) is 12.6. The molecule has 1 amide bonds. The zero-order chi connectivity index (χ0) is 18.8. The standard InChI is InChI=1S/C22H24FNO2/c1-2-3-4-5-6-7-8-9-17-16-18(22(24)25)10-15-21(17)26-20-13-11-19(23)12-14-20/h2,8-16H,1,3-7H2,(H2,24,25)/b9-8-. The average Bonchev–Trinajstić information content (AvgIpc) is 2.63. The second-order valence-electron chi connectivity index (χ2n) is 6.00. The van der Waals surface area contributed by atoms with E-state index in [4.69, 9.17) is 10.5 Å². The number of carbonyl (C=O) groups excluding carboxylic acids is 1. The zero-order valence-electron chi connectivity index (χ0n) is 14.8. The van der Waals surface area contributed by atoms with E-state index >= 15 is 0 Å². The van der Waals surface area contributed by atoms with Gasteiger partial charge in [-0.3, -0.25) is 4.79 Å². The smallest absolute Gasteiger partial charge is 0.248 e. The van der Waals surface area contributed by atoms with Crippen LogP contribution in [0.15, 0.2) is 61.2 Å². The highest BCUT2D eigenvalue weighted by Crippen LogP contribution is 2.28. The Balaban J connectivity index is 2.10. The zero-order valence-corrected chi connectivity index (χ0v) is 14.8. The second-order valence-corrected chi connectivity index (χ2v) is 6.00. The van der Waals surface area contributed by atoms with Gasteiger partial charge in [-0.25, -0.2) is 4.39 Å². The van der Waals surface area contributed by atoms with Crippen molar-refractivity contribution in [3.05, 3.63) is 78.1 Å². The molecule has 0 atom stereocenters. The SMILES string of the molecule is C=CCCCCC/C=C\c1cc(C(N)=O)ccc1Oc1ccc(F)cc1. The molecule has 0 bridgehead atoms. The Morgan fingerprint density at radius 3 is 2.50 bits per heavy atom. The molecule has 0 saturated heterocycles. The van der Waals surface area contributed by atoms with Gasteiger partial charge in [0.25, 0.3) is 0 Å². The van der Waals surface area contributed by atoms with Gasteiger partial charge in [0.15, 0.2) is 0 Å². The lowest BCUT2D eigenvalue weighted by molar-refractivity contribution is 0.1000. The van der Waals surface area contributed by atoms with Gasteiger partial charge in [0.1, 0.15) is 17.3 Å². The number of carbonyl (C=O) groups is 1. The minimum atomic E-state index is -0.489. The fourth-order valence-corrected chi connectivity index (χ4v) is 2.49. The van der Waals surface area contributed by atoms with Crippen LogP contribution in [0.25, 0.3) is 6.08 Å². The molecule has 0 spiro atoms. The number of unbranched alkanes of at least 4 members (excludes halogenated alkanes) is 4. The second kappa shape index (κ2) is 10.2. The number of benzene rings is 2. The van der Waals surface area contributed by atoms with Gasteiger partial charge < -0.3 is 10.5 Å². The average molecular weight is 353 g/mol. The van der Waals surface area contributed by atoms with E-state index in [0.29, 0.717) is 17.1 Å². The summed E-state index contributed by atoms with van der Waals surface area (Å²) < 4.78 is 18.9. The maximum Gasteiger partial charge on any atom is 0.248 e. The molecular formula is C22H24FNO2. The van der Waals surface area contributed by atoms with Crippen molar-refractivity contribution in [2.75, 3.05) is 0 Å². The number of hydrogen-bond acceptors (Lipinski definition) is 2. The van der Waals surface area contributed by atoms with Crippen molar-refractivity contribution in [2.24, 2.45) is 5.73 Å². The molecule has 4 heteroatoms. The topological polar surface area (TPSA) is 52.3 Å². The Labute approximate surface area is 154 Å². The monoisotopic (exact) mass is 353 g/mol. The van der Waals surface area contributed by atoms with E-state index in [1.54, 1.807) is 30.3 Å². The van der Waals surface area contributed by atoms with Crippen molar-refractivity contribution >= 4 is 12.0 Å². The largest absolute Gasteiger partial charge is 0.457 e. The fourth-order valence-electron chi connectivity index (χ4n) is 2.49. The van der Waals surface area contributed by atoms with E-state index in [-0.39, 0.29) is 5.82 Å². The summed E-state index contributed by atoms with van der Waals surface area (Å²) >= 11 is 0. The highest BCUT2D eigenvalue weighted by atomic mass is 19.1. The molecule has 0 aliphatic heterocycles. The highest BCUT2D eigenvalue weighted by molar-refractivity contribution is 5.93. The first kappa shape index (κ1) is 19.4. The molecule has 0 heterocycles. The Bertz CT molecular complexity index is 766. The van der Waals surface area contributed by atoms with Crippen LogP contribution >= 0.6 is 0 Å². The molecule has 2 N–H and O–H groups in total. The van der Waals surface area contributed by atoms with Crippen LogP contribution in [0.4, 0.5) is 4.39 Å². The summed E-state index contributed by atoms with van der Waals surface area (Å²) in [6.07, 6.45) is 11.3. The van der Waals surface area contributed by atoms with Crippen molar-refractivity contribution in [1.82, 2.24) is 0 Å². The van der Waals surface area contributed by atoms with Crippen LogP contribution in [-0.4, -0.2) is 5.91 Å². The minimum Gasteiger partial charge on any atom is -0.457 e. The van der Waals surface area contributed by atoms with Crippen molar-refractivity contribution in [3.63, 3.8) is 0 Å². The van der Waals surface area contributed by atoms with Gasteiger partial charge in [-0.2, -0.15) is 0 Å². The number of halogens is 1. The van der Waals surface area contributed by atoms with Crippen LogP contribution < -0.4 is 10.5 Å². The van der Waals surface area contributed by atoms with Crippen molar-refractivity contribution in [3.8, 4) is 11.5 Å². The lowest BCUT2D eigenvalue weighted by Gasteiger charge is -2.10. The van der Waals surface area contributed by atoms with Gasteiger partial charge in [-0.15, -0.1) is 6.58 Å². The lowest BCUT2D eigenvalue weighted by atomic mass is 10.1. The summed E-state index contributed by atoms with van der Waals surface area (Å²) in [5.74, 6) is 0.303. The van der Waals surface area contributed by atoms with Gasteiger partial charge in [-0.1, -0.05) is 24.6 Å². The molecule has 2 rings (SSSR count). The molecule has 136 valence electrons. The first-order valence-corrected chi connectivity index (χ1v) is 8.75. The van der Waals surface area contributed by atoms with Crippen LogP contribution in [-0.2, 0) is 0 Å². The summed E-state index contributed by atoms with van der Waals surface area (Å²) in [7, 11) is 0. The fraction of sp³-hybridized carbons (Fsp3) is 0.227. The lowest BCUT2D eigenvalue weighted by Crippen LogP contribution is -2.10. The van der Waals surface area contributed by atoms with Crippen molar-refractivity contribution in [2.45, 2.75) is 32.1 Å². The third kappa shape index (κ3) is 6.20. The van der Waals surface area contributed by atoms with Crippen LogP contribution in [0.5, 0.6) is 11.5 Å². The molecule has 26 heavy (non-hydrogen) atoms. The molecule has 2 aromatic rings. The quantitative estimate of drug-likeness (QED) is 0.429. The summed E-state index contributed by atoms with van der Waals surface area (Å²) in [5, 5.41) is 0. The molecular weight excluding hydrogens is 329 g/mol. The van der Waals surface area contributed by atoms with Crippen LogP contribution in [0.3, 0.4) is 0 Å². The van der Waals surface area contributed by atoms with Gasteiger partial charge in [0.2, 0.25) is 5.91 Å². The number of rotatable bonds is 10. The van der Waals surface area contributed by atoms with E-state index in [2.05, 4.69) is 12.7 Å². The van der Waals surface area contributed by atoms with E-state index in [0.717, 1.165) is 37.7 Å². The first-order valence-electron chi connectivity index (χ1n) is 8.75. The number of amides is 1. The van der Waals surface area contributed by atoms with Crippen LogP contribution in [0, 0.1) is 5.82 Å². The third-order valence-electron chi connectivity index (χ3n) is 3.91. The number of hydrogen-bond donors (Lipinski definition) is 1. The van der Waals surface area contributed by atoms with Gasteiger partial charge in [-0.05, 0) is 68.1 Å². The molecule has 0 aromatic heterocycles. The predicted octanol–water partition coefficient (Wildman–Crippen LogP) is 5.87. The Morgan fingerprint density at radius 1 is 1.08 bits per heavy atom. The Morgan fingerprint density at radius 2 is 1.81 bits per heavy atom. The summed E-state index contributed by atoms with van der Waals surface area (Å²) in [6, 6.07) is 10.8. The third-order valence-corrected chi connectivity index (χ3v) is 3.91. The molecule has 0 unspecified atom stereocenters.